The lowest BCUT2D eigenvalue weighted by Gasteiger charge is -2.40. The van der Waals surface area contributed by atoms with Crippen LogP contribution in [-0.4, -0.2) is 36.7 Å². The van der Waals surface area contributed by atoms with Crippen LogP contribution in [0.2, 0.25) is 0 Å². The Morgan fingerprint density at radius 3 is 2.53 bits per heavy atom. The van der Waals surface area contributed by atoms with E-state index in [0.717, 1.165) is 25.7 Å². The normalized spacial score (nSPS) is 19.2. The van der Waals surface area contributed by atoms with Gasteiger partial charge in [0.05, 0.1) is 11.8 Å². The highest BCUT2D eigenvalue weighted by atomic mass is 16.5. The topological polar surface area (TPSA) is 75.6 Å². The molecule has 0 aromatic rings. The average Bonchev–Trinajstić information content (AvgIpc) is 2.14. The molecule has 0 aliphatic heterocycles. The van der Waals surface area contributed by atoms with Crippen molar-refractivity contribution in [2.45, 2.75) is 45.1 Å². The van der Waals surface area contributed by atoms with E-state index in [0.29, 0.717) is 6.61 Å². The van der Waals surface area contributed by atoms with Gasteiger partial charge in [0.15, 0.2) is 0 Å². The van der Waals surface area contributed by atoms with Crippen molar-refractivity contribution in [1.29, 1.82) is 0 Å². The fourth-order valence-electron chi connectivity index (χ4n) is 2.18. The van der Waals surface area contributed by atoms with E-state index in [1.807, 2.05) is 0 Å². The lowest BCUT2D eigenvalue weighted by atomic mass is 9.66. The lowest BCUT2D eigenvalue weighted by Crippen LogP contribution is -2.49. The number of carbonyl (C=O) groups excluding carboxylic acids is 1. The number of amides is 1. The molecule has 1 amide bonds. The minimum atomic E-state index is -0.891. The highest BCUT2D eigenvalue weighted by molar-refractivity contribution is 5.84. The van der Waals surface area contributed by atoms with E-state index in [-0.39, 0.29) is 23.8 Å². The van der Waals surface area contributed by atoms with E-state index in [9.17, 15) is 9.59 Å². The molecular weight excluding hydrogens is 222 g/mol. The van der Waals surface area contributed by atoms with Crippen molar-refractivity contribution in [3.8, 4) is 0 Å². The summed E-state index contributed by atoms with van der Waals surface area (Å²) in [5.74, 6) is -0.910. The van der Waals surface area contributed by atoms with Gasteiger partial charge >= 0.3 is 5.97 Å². The largest absolute Gasteiger partial charge is 0.481 e. The first kappa shape index (κ1) is 14.0. The number of carboxylic acids is 1. The molecule has 0 spiro atoms. The van der Waals surface area contributed by atoms with Crippen molar-refractivity contribution in [1.82, 2.24) is 5.32 Å². The predicted octanol–water partition coefficient (Wildman–Crippen LogP) is 1.17. The summed E-state index contributed by atoms with van der Waals surface area (Å²) in [7, 11) is 1.62. The molecule has 0 saturated heterocycles. The van der Waals surface area contributed by atoms with Crippen molar-refractivity contribution in [3.05, 3.63) is 0 Å². The van der Waals surface area contributed by atoms with Crippen LogP contribution >= 0.6 is 0 Å². The van der Waals surface area contributed by atoms with E-state index in [2.05, 4.69) is 5.32 Å². The van der Waals surface area contributed by atoms with Gasteiger partial charge in [-0.15, -0.1) is 0 Å². The molecule has 0 radical (unpaired) electrons. The monoisotopic (exact) mass is 243 g/mol. The predicted molar refractivity (Wildman–Crippen MR) is 62.6 cm³/mol. The Hall–Kier alpha value is -1.10. The second kappa shape index (κ2) is 6.00. The zero-order valence-electron chi connectivity index (χ0n) is 10.5. The lowest BCUT2D eigenvalue weighted by molar-refractivity contribution is -0.140. The van der Waals surface area contributed by atoms with E-state index >= 15 is 0 Å². The Labute approximate surface area is 102 Å². The molecule has 1 unspecified atom stereocenters. The number of methoxy groups -OCH3 is 1. The molecule has 5 nitrogen and oxygen atoms in total. The minimum Gasteiger partial charge on any atom is -0.481 e. The van der Waals surface area contributed by atoms with Gasteiger partial charge in [-0.2, -0.15) is 0 Å². The zero-order valence-corrected chi connectivity index (χ0v) is 10.5. The van der Waals surface area contributed by atoms with Crippen LogP contribution in [0.1, 0.15) is 39.0 Å². The molecule has 98 valence electrons. The second-order valence-electron chi connectivity index (χ2n) is 4.85. The number of carboxylic acid groups (broad SMARTS) is 1. The van der Waals surface area contributed by atoms with Crippen molar-refractivity contribution in [2.24, 2.45) is 5.41 Å². The van der Waals surface area contributed by atoms with Gasteiger partial charge in [0.25, 0.3) is 0 Å². The fraction of sp³-hybridized carbons (Fsp3) is 0.833. The van der Waals surface area contributed by atoms with Crippen LogP contribution in [0.4, 0.5) is 0 Å². The van der Waals surface area contributed by atoms with Crippen molar-refractivity contribution in [3.63, 3.8) is 0 Å². The highest BCUT2D eigenvalue weighted by Gasteiger charge is 2.43. The van der Waals surface area contributed by atoms with E-state index < -0.39 is 5.97 Å². The van der Waals surface area contributed by atoms with Gasteiger partial charge < -0.3 is 15.2 Å². The fourth-order valence-corrected chi connectivity index (χ4v) is 2.18. The van der Waals surface area contributed by atoms with Gasteiger partial charge in [-0.1, -0.05) is 6.42 Å². The summed E-state index contributed by atoms with van der Waals surface area (Å²) in [4.78, 5) is 22.6. The molecule has 1 fully saturated rings. The Bertz CT molecular complexity index is 286. The number of aliphatic carboxylic acids is 1. The van der Waals surface area contributed by atoms with Gasteiger partial charge in [0.2, 0.25) is 5.91 Å². The number of hydrogen-bond acceptors (Lipinski definition) is 3. The van der Waals surface area contributed by atoms with Crippen molar-refractivity contribution < 1.29 is 19.4 Å². The van der Waals surface area contributed by atoms with Gasteiger partial charge in [-0.05, 0) is 26.2 Å². The second-order valence-corrected chi connectivity index (χ2v) is 4.85. The van der Waals surface area contributed by atoms with Gasteiger partial charge in [0.1, 0.15) is 0 Å². The highest BCUT2D eigenvalue weighted by Crippen LogP contribution is 2.44. The molecule has 1 rings (SSSR count). The first-order valence-corrected chi connectivity index (χ1v) is 6.02. The maximum absolute atomic E-state index is 12.1. The number of rotatable bonds is 7. The number of nitrogens with one attached hydrogen (secondary N) is 1. The van der Waals surface area contributed by atoms with E-state index in [1.54, 1.807) is 14.0 Å². The van der Waals surface area contributed by atoms with Gasteiger partial charge in [-0.25, -0.2) is 0 Å². The van der Waals surface area contributed by atoms with Crippen LogP contribution in [0.5, 0.6) is 0 Å². The third-order valence-electron chi connectivity index (χ3n) is 3.44. The molecule has 5 heteroatoms. The summed E-state index contributed by atoms with van der Waals surface area (Å²) < 4.78 is 5.02. The average molecular weight is 243 g/mol. The molecule has 0 aromatic carbocycles. The third-order valence-corrected chi connectivity index (χ3v) is 3.44. The maximum Gasteiger partial charge on any atom is 0.305 e. The van der Waals surface area contributed by atoms with Crippen molar-refractivity contribution >= 4 is 11.9 Å². The molecule has 0 heterocycles. The van der Waals surface area contributed by atoms with Gasteiger partial charge in [-0.3, -0.25) is 9.59 Å². The summed E-state index contributed by atoms with van der Waals surface area (Å²) >= 11 is 0. The summed E-state index contributed by atoms with van der Waals surface area (Å²) in [5.41, 5.74) is -0.317. The zero-order chi connectivity index (χ0) is 12.9. The Morgan fingerprint density at radius 2 is 2.12 bits per heavy atom. The summed E-state index contributed by atoms with van der Waals surface area (Å²) in [6.45, 7) is 2.29. The Balaban J connectivity index is 2.46. The maximum atomic E-state index is 12.1. The molecular formula is C12H21NO4. The van der Waals surface area contributed by atoms with Crippen molar-refractivity contribution in [2.75, 3.05) is 13.7 Å². The van der Waals surface area contributed by atoms with Gasteiger partial charge in [0, 0.05) is 19.8 Å². The van der Waals surface area contributed by atoms with Crippen LogP contribution < -0.4 is 5.32 Å². The summed E-state index contributed by atoms with van der Waals surface area (Å²) in [6.07, 6.45) is 3.50. The smallest absolute Gasteiger partial charge is 0.305 e. The quantitative estimate of drug-likeness (QED) is 0.704. The van der Waals surface area contributed by atoms with Crippen LogP contribution in [0.15, 0.2) is 0 Å². The number of hydrogen-bond donors (Lipinski definition) is 2. The third kappa shape index (κ3) is 3.70. The summed E-state index contributed by atoms with van der Waals surface area (Å²) in [5, 5.41) is 11.4. The molecule has 1 aliphatic carbocycles. The minimum absolute atomic E-state index is 0.0189. The molecule has 17 heavy (non-hydrogen) atoms. The first-order chi connectivity index (χ1) is 8.00. The molecule has 1 saturated carbocycles. The van der Waals surface area contributed by atoms with Crippen LogP contribution in [0.25, 0.3) is 0 Å². The first-order valence-electron chi connectivity index (χ1n) is 6.02. The number of carbonyl (C=O) groups is 2. The van der Waals surface area contributed by atoms with E-state index in [4.69, 9.17) is 9.84 Å². The Morgan fingerprint density at radius 1 is 1.47 bits per heavy atom. The van der Waals surface area contributed by atoms with Crippen LogP contribution in [0.3, 0.4) is 0 Å². The molecule has 2 N–H and O–H groups in total. The Kier molecular flexibility index (Phi) is 4.93. The molecule has 1 atom stereocenters. The van der Waals surface area contributed by atoms with E-state index in [1.165, 1.54) is 0 Å². The van der Waals surface area contributed by atoms with Crippen LogP contribution in [0, 0.1) is 5.41 Å². The molecule has 1 aliphatic rings. The van der Waals surface area contributed by atoms with Crippen LogP contribution in [-0.2, 0) is 14.3 Å². The molecule has 0 bridgehead atoms. The molecule has 0 aromatic heterocycles. The standard InChI is InChI=1S/C12H21NO4/c1-9(8-10(14)15)13-11(16)12(4-3-5-12)6-7-17-2/h9H,3-8H2,1-2H3,(H,13,16)(H,14,15). The summed E-state index contributed by atoms with van der Waals surface area (Å²) in [6, 6.07) is -0.319. The SMILES string of the molecule is COCCC1(C(=O)NC(C)CC(=O)O)CCC1. The number of ether oxygens (including phenoxy) is 1.